The molecule has 1 aromatic heterocycles. The van der Waals surface area contributed by atoms with Crippen molar-refractivity contribution in [2.75, 3.05) is 5.73 Å². The van der Waals surface area contributed by atoms with Crippen LogP contribution in [0.5, 0.6) is 0 Å². The predicted molar refractivity (Wildman–Crippen MR) is 62.9 cm³/mol. The summed E-state index contributed by atoms with van der Waals surface area (Å²) >= 11 is 0. The van der Waals surface area contributed by atoms with E-state index >= 15 is 0 Å². The average molecular weight is 252 g/mol. The van der Waals surface area contributed by atoms with Crippen LogP contribution in [0.15, 0.2) is 42.6 Å². The normalized spacial score (nSPS) is 11.5. The zero-order chi connectivity index (χ0) is 13.2. The predicted octanol–water partition coefficient (Wildman–Crippen LogP) is 3.27. The van der Waals surface area contributed by atoms with Crippen molar-refractivity contribution >= 4 is 5.82 Å². The van der Waals surface area contributed by atoms with Gasteiger partial charge in [0, 0.05) is 6.20 Å². The number of nitrogen functional groups attached to an aromatic ring is 1. The Morgan fingerprint density at radius 1 is 0.944 bits per heavy atom. The number of halogens is 3. The number of benzene rings is 1. The molecular formula is C13H11F3N2. The highest BCUT2D eigenvalue weighted by molar-refractivity contribution is 5.33. The van der Waals surface area contributed by atoms with Gasteiger partial charge in [-0.25, -0.2) is 4.98 Å². The van der Waals surface area contributed by atoms with Crippen molar-refractivity contribution in [2.45, 2.75) is 12.6 Å². The third-order valence-corrected chi connectivity index (χ3v) is 2.54. The number of nitrogens with two attached hydrogens (primary N) is 1. The molecule has 0 amide bonds. The molecule has 0 aliphatic carbocycles. The summed E-state index contributed by atoms with van der Waals surface area (Å²) in [6.07, 6.45) is -2.14. The summed E-state index contributed by atoms with van der Waals surface area (Å²) < 4.78 is 37.1. The SMILES string of the molecule is Nc1ccc(Cc2ccc(C(F)(F)F)cc2)cn1. The van der Waals surface area contributed by atoms with E-state index in [1.165, 1.54) is 12.1 Å². The van der Waals surface area contributed by atoms with E-state index in [0.717, 1.165) is 23.3 Å². The molecule has 1 aromatic carbocycles. The summed E-state index contributed by atoms with van der Waals surface area (Å²) in [5.41, 5.74) is 6.52. The second-order valence-electron chi connectivity index (χ2n) is 3.96. The van der Waals surface area contributed by atoms with Crippen LogP contribution in [0.2, 0.25) is 0 Å². The van der Waals surface area contributed by atoms with Gasteiger partial charge in [-0.1, -0.05) is 18.2 Å². The van der Waals surface area contributed by atoms with Crippen molar-refractivity contribution < 1.29 is 13.2 Å². The number of anilines is 1. The first kappa shape index (κ1) is 12.4. The maximum atomic E-state index is 12.4. The Bertz CT molecular complexity index is 515. The molecule has 0 bridgehead atoms. The van der Waals surface area contributed by atoms with Crippen molar-refractivity contribution in [1.29, 1.82) is 0 Å². The largest absolute Gasteiger partial charge is 0.416 e. The van der Waals surface area contributed by atoms with Crippen LogP contribution >= 0.6 is 0 Å². The molecule has 2 nitrogen and oxygen atoms in total. The van der Waals surface area contributed by atoms with E-state index in [9.17, 15) is 13.2 Å². The lowest BCUT2D eigenvalue weighted by atomic mass is 10.0. The number of aromatic nitrogens is 1. The van der Waals surface area contributed by atoms with Crippen molar-refractivity contribution in [2.24, 2.45) is 0 Å². The Kier molecular flexibility index (Phi) is 3.23. The highest BCUT2D eigenvalue weighted by atomic mass is 19.4. The van der Waals surface area contributed by atoms with Crippen LogP contribution in [-0.4, -0.2) is 4.98 Å². The van der Waals surface area contributed by atoms with Crippen LogP contribution in [0, 0.1) is 0 Å². The van der Waals surface area contributed by atoms with E-state index in [-0.39, 0.29) is 0 Å². The smallest absolute Gasteiger partial charge is 0.384 e. The molecule has 2 rings (SSSR count). The summed E-state index contributed by atoms with van der Waals surface area (Å²) in [5.74, 6) is 0.422. The number of hydrogen-bond acceptors (Lipinski definition) is 2. The highest BCUT2D eigenvalue weighted by Gasteiger charge is 2.29. The summed E-state index contributed by atoms with van der Waals surface area (Å²) in [6, 6.07) is 8.58. The van der Waals surface area contributed by atoms with Crippen LogP contribution in [-0.2, 0) is 12.6 Å². The maximum Gasteiger partial charge on any atom is 0.416 e. The van der Waals surface area contributed by atoms with Gasteiger partial charge >= 0.3 is 6.18 Å². The molecule has 18 heavy (non-hydrogen) atoms. The fourth-order valence-corrected chi connectivity index (χ4v) is 1.59. The second kappa shape index (κ2) is 4.68. The highest BCUT2D eigenvalue weighted by Crippen LogP contribution is 2.29. The molecule has 0 aliphatic heterocycles. The van der Waals surface area contributed by atoms with Crippen molar-refractivity contribution in [3.63, 3.8) is 0 Å². The van der Waals surface area contributed by atoms with Gasteiger partial charge < -0.3 is 5.73 Å². The second-order valence-corrected chi connectivity index (χ2v) is 3.96. The van der Waals surface area contributed by atoms with Gasteiger partial charge in [-0.15, -0.1) is 0 Å². The Labute approximate surface area is 102 Å². The van der Waals surface area contributed by atoms with E-state index in [1.54, 1.807) is 18.3 Å². The van der Waals surface area contributed by atoms with Gasteiger partial charge in [-0.3, -0.25) is 0 Å². The fourth-order valence-electron chi connectivity index (χ4n) is 1.59. The van der Waals surface area contributed by atoms with Crippen LogP contribution in [0.1, 0.15) is 16.7 Å². The van der Waals surface area contributed by atoms with Crippen LogP contribution in [0.25, 0.3) is 0 Å². The molecular weight excluding hydrogens is 241 g/mol. The van der Waals surface area contributed by atoms with Crippen molar-refractivity contribution in [3.05, 3.63) is 59.3 Å². The summed E-state index contributed by atoms with van der Waals surface area (Å²) in [7, 11) is 0. The standard InChI is InChI=1S/C13H11F3N2/c14-13(15,16)11-4-1-9(2-5-11)7-10-3-6-12(17)18-8-10/h1-6,8H,7H2,(H2,17,18). The molecule has 0 aliphatic rings. The molecule has 0 radical (unpaired) electrons. The number of rotatable bonds is 2. The lowest BCUT2D eigenvalue weighted by molar-refractivity contribution is -0.137. The average Bonchev–Trinajstić information content (AvgIpc) is 2.32. The van der Waals surface area contributed by atoms with E-state index in [0.29, 0.717) is 12.2 Å². The minimum Gasteiger partial charge on any atom is -0.384 e. The number of nitrogens with zero attached hydrogens (tertiary/aromatic N) is 1. The Balaban J connectivity index is 2.13. The first-order valence-electron chi connectivity index (χ1n) is 5.32. The molecule has 0 saturated carbocycles. The zero-order valence-electron chi connectivity index (χ0n) is 9.41. The van der Waals surface area contributed by atoms with Crippen molar-refractivity contribution in [1.82, 2.24) is 4.98 Å². The maximum absolute atomic E-state index is 12.4. The first-order valence-corrected chi connectivity index (χ1v) is 5.32. The fraction of sp³-hybridized carbons (Fsp3) is 0.154. The lowest BCUT2D eigenvalue weighted by Gasteiger charge is -2.07. The van der Waals surface area contributed by atoms with Gasteiger partial charge in [-0.2, -0.15) is 13.2 Å². The zero-order valence-corrected chi connectivity index (χ0v) is 9.41. The first-order chi connectivity index (χ1) is 8.45. The number of hydrogen-bond donors (Lipinski definition) is 1. The Hall–Kier alpha value is -2.04. The summed E-state index contributed by atoms with van der Waals surface area (Å²) in [4.78, 5) is 3.93. The number of pyridine rings is 1. The third kappa shape index (κ3) is 3.00. The molecule has 1 heterocycles. The van der Waals surface area contributed by atoms with Gasteiger partial charge in [-0.05, 0) is 35.7 Å². The Morgan fingerprint density at radius 2 is 1.56 bits per heavy atom. The lowest BCUT2D eigenvalue weighted by Crippen LogP contribution is -2.04. The van der Waals surface area contributed by atoms with Crippen LogP contribution in [0.4, 0.5) is 19.0 Å². The van der Waals surface area contributed by atoms with Gasteiger partial charge in [0.15, 0.2) is 0 Å². The molecule has 0 spiro atoms. The molecule has 0 atom stereocenters. The van der Waals surface area contributed by atoms with Gasteiger partial charge in [0.1, 0.15) is 5.82 Å². The summed E-state index contributed by atoms with van der Waals surface area (Å²) in [5, 5.41) is 0. The summed E-state index contributed by atoms with van der Waals surface area (Å²) in [6.45, 7) is 0. The van der Waals surface area contributed by atoms with Crippen LogP contribution in [0.3, 0.4) is 0 Å². The van der Waals surface area contributed by atoms with Crippen LogP contribution < -0.4 is 5.73 Å². The molecule has 0 unspecified atom stereocenters. The number of alkyl halides is 3. The topological polar surface area (TPSA) is 38.9 Å². The van der Waals surface area contributed by atoms with E-state index in [2.05, 4.69) is 4.98 Å². The van der Waals surface area contributed by atoms with E-state index in [4.69, 9.17) is 5.73 Å². The molecule has 2 aromatic rings. The third-order valence-electron chi connectivity index (χ3n) is 2.54. The van der Waals surface area contributed by atoms with E-state index < -0.39 is 11.7 Å². The quantitative estimate of drug-likeness (QED) is 0.890. The Morgan fingerprint density at radius 3 is 2.06 bits per heavy atom. The minimum absolute atomic E-state index is 0.422. The van der Waals surface area contributed by atoms with E-state index in [1.807, 2.05) is 0 Å². The molecule has 2 N–H and O–H groups in total. The molecule has 5 heteroatoms. The monoisotopic (exact) mass is 252 g/mol. The van der Waals surface area contributed by atoms with Gasteiger partial charge in [0.05, 0.1) is 5.56 Å². The molecule has 0 fully saturated rings. The van der Waals surface area contributed by atoms with Gasteiger partial charge in [0.2, 0.25) is 0 Å². The minimum atomic E-state index is -4.29. The molecule has 94 valence electrons. The van der Waals surface area contributed by atoms with Crippen molar-refractivity contribution in [3.8, 4) is 0 Å². The molecule has 0 saturated heterocycles. The van der Waals surface area contributed by atoms with Gasteiger partial charge in [0.25, 0.3) is 0 Å².